The predicted molar refractivity (Wildman–Crippen MR) is 62.5 cm³/mol. The van der Waals surface area contributed by atoms with Gasteiger partial charge in [0, 0.05) is 12.0 Å². The molecule has 0 saturated carbocycles. The maximum absolute atomic E-state index is 11.5. The molecule has 0 spiro atoms. The fraction of sp³-hybridized carbons (Fsp3) is 0.500. The first-order valence-electron chi connectivity index (χ1n) is 6.02. The first kappa shape index (κ1) is 10.4. The van der Waals surface area contributed by atoms with Crippen LogP contribution < -0.4 is 0 Å². The number of hydrogen-bond acceptors (Lipinski definition) is 1. The average molecular weight is 202 g/mol. The maximum Gasteiger partial charge on any atom is 0.163 e. The highest BCUT2D eigenvalue weighted by molar-refractivity contribution is 6.00. The standard InChI is InChI=1S/C12H12O.C2H6/c13-12-5-4-10-6-8-2-1-3-9(8)7-11(10)12;1-2/h6-7H,1-5H2;1-2H3. The number of rotatable bonds is 0. The smallest absolute Gasteiger partial charge is 0.163 e. The van der Waals surface area contributed by atoms with Crippen molar-refractivity contribution in [2.75, 3.05) is 0 Å². The molecule has 0 saturated heterocycles. The largest absolute Gasteiger partial charge is 0.294 e. The highest BCUT2D eigenvalue weighted by Gasteiger charge is 2.22. The molecule has 0 heterocycles. The van der Waals surface area contributed by atoms with Crippen LogP contribution in [0, 0.1) is 0 Å². The van der Waals surface area contributed by atoms with Crippen LogP contribution in [0.15, 0.2) is 12.1 Å². The molecule has 0 bridgehead atoms. The molecule has 0 atom stereocenters. The fourth-order valence-corrected chi connectivity index (χ4v) is 2.52. The number of ketones is 1. The zero-order valence-corrected chi connectivity index (χ0v) is 9.60. The summed E-state index contributed by atoms with van der Waals surface area (Å²) in [4.78, 5) is 11.5. The Morgan fingerprint density at radius 3 is 2.27 bits per heavy atom. The normalized spacial score (nSPS) is 16.8. The monoisotopic (exact) mass is 202 g/mol. The molecule has 1 aromatic carbocycles. The molecule has 3 rings (SSSR count). The second kappa shape index (κ2) is 4.18. The van der Waals surface area contributed by atoms with E-state index in [1.165, 1.54) is 36.0 Å². The number of fused-ring (bicyclic) bond motifs is 2. The minimum Gasteiger partial charge on any atom is -0.294 e. The van der Waals surface area contributed by atoms with Gasteiger partial charge in [0.15, 0.2) is 5.78 Å². The van der Waals surface area contributed by atoms with E-state index in [1.807, 2.05) is 13.8 Å². The van der Waals surface area contributed by atoms with E-state index in [-0.39, 0.29) is 0 Å². The van der Waals surface area contributed by atoms with Gasteiger partial charge in [-0.25, -0.2) is 0 Å². The van der Waals surface area contributed by atoms with Crippen molar-refractivity contribution in [3.63, 3.8) is 0 Å². The Hall–Kier alpha value is -1.11. The van der Waals surface area contributed by atoms with E-state index < -0.39 is 0 Å². The van der Waals surface area contributed by atoms with Crippen LogP contribution >= 0.6 is 0 Å². The second-order valence-electron chi connectivity index (χ2n) is 4.05. The van der Waals surface area contributed by atoms with Gasteiger partial charge in [-0.3, -0.25) is 4.79 Å². The van der Waals surface area contributed by atoms with E-state index in [0.29, 0.717) is 5.78 Å². The van der Waals surface area contributed by atoms with Crippen molar-refractivity contribution in [3.05, 3.63) is 34.4 Å². The highest BCUT2D eigenvalue weighted by Crippen LogP contribution is 2.30. The van der Waals surface area contributed by atoms with Gasteiger partial charge in [-0.1, -0.05) is 19.9 Å². The topological polar surface area (TPSA) is 17.1 Å². The minimum atomic E-state index is 0.352. The Kier molecular flexibility index (Phi) is 2.90. The third-order valence-corrected chi connectivity index (χ3v) is 3.24. The van der Waals surface area contributed by atoms with Crippen LogP contribution in [0.3, 0.4) is 0 Å². The molecule has 0 fully saturated rings. The van der Waals surface area contributed by atoms with E-state index in [9.17, 15) is 4.79 Å². The van der Waals surface area contributed by atoms with Gasteiger partial charge in [0.05, 0.1) is 0 Å². The van der Waals surface area contributed by atoms with Crippen LogP contribution in [0.5, 0.6) is 0 Å². The molecular formula is C14H18O. The van der Waals surface area contributed by atoms with Crippen LogP contribution in [-0.4, -0.2) is 5.78 Å². The van der Waals surface area contributed by atoms with E-state index in [0.717, 1.165) is 18.4 Å². The number of benzene rings is 1. The van der Waals surface area contributed by atoms with E-state index in [2.05, 4.69) is 12.1 Å². The molecule has 0 aliphatic heterocycles. The lowest BCUT2D eigenvalue weighted by Crippen LogP contribution is -1.93. The van der Waals surface area contributed by atoms with Crippen molar-refractivity contribution in [2.45, 2.75) is 46.0 Å². The van der Waals surface area contributed by atoms with Crippen LogP contribution in [0.1, 0.15) is 53.7 Å². The Morgan fingerprint density at radius 2 is 1.53 bits per heavy atom. The summed E-state index contributed by atoms with van der Waals surface area (Å²) in [5.74, 6) is 0.352. The molecule has 15 heavy (non-hydrogen) atoms. The molecule has 2 aliphatic carbocycles. The molecular weight excluding hydrogens is 184 g/mol. The van der Waals surface area contributed by atoms with Gasteiger partial charge in [0.25, 0.3) is 0 Å². The van der Waals surface area contributed by atoms with Crippen molar-refractivity contribution >= 4 is 5.78 Å². The SMILES string of the molecule is CC.O=C1CCc2cc3c(cc21)CCC3. The quantitative estimate of drug-likeness (QED) is 0.630. The number of carbonyl (C=O) groups is 1. The van der Waals surface area contributed by atoms with Crippen molar-refractivity contribution in [1.29, 1.82) is 0 Å². The minimum absolute atomic E-state index is 0.352. The Balaban J connectivity index is 0.000000404. The van der Waals surface area contributed by atoms with Crippen LogP contribution in [-0.2, 0) is 19.3 Å². The molecule has 80 valence electrons. The van der Waals surface area contributed by atoms with Gasteiger partial charge >= 0.3 is 0 Å². The van der Waals surface area contributed by atoms with Crippen LogP contribution in [0.4, 0.5) is 0 Å². The van der Waals surface area contributed by atoms with E-state index in [4.69, 9.17) is 0 Å². The summed E-state index contributed by atoms with van der Waals surface area (Å²) in [5.41, 5.74) is 5.23. The van der Waals surface area contributed by atoms with Crippen molar-refractivity contribution in [2.24, 2.45) is 0 Å². The van der Waals surface area contributed by atoms with Gasteiger partial charge in [0.2, 0.25) is 0 Å². The zero-order valence-electron chi connectivity index (χ0n) is 9.60. The number of hydrogen-bond donors (Lipinski definition) is 0. The van der Waals surface area contributed by atoms with E-state index in [1.54, 1.807) is 0 Å². The molecule has 0 aromatic heterocycles. The van der Waals surface area contributed by atoms with Gasteiger partial charge < -0.3 is 0 Å². The first-order valence-corrected chi connectivity index (χ1v) is 6.02. The maximum atomic E-state index is 11.5. The Morgan fingerprint density at radius 1 is 0.867 bits per heavy atom. The summed E-state index contributed by atoms with van der Waals surface area (Å²) in [7, 11) is 0. The summed E-state index contributed by atoms with van der Waals surface area (Å²) < 4.78 is 0. The number of carbonyl (C=O) groups excluding carboxylic acids is 1. The Labute approximate surface area is 91.5 Å². The van der Waals surface area contributed by atoms with Crippen molar-refractivity contribution in [3.8, 4) is 0 Å². The molecule has 1 aromatic rings. The molecule has 0 amide bonds. The predicted octanol–water partition coefficient (Wildman–Crippen LogP) is 3.33. The molecule has 1 heteroatoms. The lowest BCUT2D eigenvalue weighted by molar-refractivity contribution is 0.0994. The zero-order chi connectivity index (χ0) is 10.8. The third-order valence-electron chi connectivity index (χ3n) is 3.24. The molecule has 0 radical (unpaired) electrons. The molecule has 0 unspecified atom stereocenters. The lowest BCUT2D eigenvalue weighted by atomic mass is 10.0. The van der Waals surface area contributed by atoms with Gasteiger partial charge in [-0.05, 0) is 48.4 Å². The van der Waals surface area contributed by atoms with Gasteiger partial charge in [-0.2, -0.15) is 0 Å². The first-order chi connectivity index (χ1) is 7.34. The summed E-state index contributed by atoms with van der Waals surface area (Å²) in [5, 5.41) is 0. The highest BCUT2D eigenvalue weighted by atomic mass is 16.1. The van der Waals surface area contributed by atoms with Crippen molar-refractivity contribution in [1.82, 2.24) is 0 Å². The van der Waals surface area contributed by atoms with Gasteiger partial charge in [-0.15, -0.1) is 0 Å². The number of aryl methyl sites for hydroxylation is 3. The average Bonchev–Trinajstić information content (AvgIpc) is 2.86. The second-order valence-corrected chi connectivity index (χ2v) is 4.05. The summed E-state index contributed by atoms with van der Waals surface area (Å²) in [6, 6.07) is 4.41. The van der Waals surface area contributed by atoms with Crippen molar-refractivity contribution < 1.29 is 4.79 Å². The fourth-order valence-electron chi connectivity index (χ4n) is 2.52. The summed E-state index contributed by atoms with van der Waals surface area (Å²) in [6.07, 6.45) is 5.37. The third kappa shape index (κ3) is 1.71. The summed E-state index contributed by atoms with van der Waals surface area (Å²) >= 11 is 0. The van der Waals surface area contributed by atoms with Gasteiger partial charge in [0.1, 0.15) is 0 Å². The summed E-state index contributed by atoms with van der Waals surface area (Å²) in [6.45, 7) is 4.00. The molecule has 2 aliphatic rings. The van der Waals surface area contributed by atoms with E-state index >= 15 is 0 Å². The lowest BCUT2D eigenvalue weighted by Gasteiger charge is -2.02. The van der Waals surface area contributed by atoms with Crippen LogP contribution in [0.2, 0.25) is 0 Å². The van der Waals surface area contributed by atoms with Crippen LogP contribution in [0.25, 0.3) is 0 Å². The number of Topliss-reactive ketones (excluding diaryl/α,β-unsaturated/α-hetero) is 1. The Bertz CT molecular complexity index is 391. The molecule has 0 N–H and O–H groups in total. The molecule has 1 nitrogen and oxygen atoms in total.